The molecular formula is C72H90N6O10SSi. The maximum atomic E-state index is 13.2. The van der Waals surface area contributed by atoms with Crippen molar-refractivity contribution in [1.82, 2.24) is 10.6 Å². The fourth-order valence-corrected chi connectivity index (χ4v) is 13.5. The minimum Gasteiger partial charge on any atom is -0.446 e. The maximum Gasteiger partial charge on any atom is 0.500 e. The Morgan fingerprint density at radius 3 is 1.47 bits per heavy atom. The predicted octanol–water partition coefficient (Wildman–Crippen LogP) is 16.3. The molecule has 90 heavy (non-hydrogen) atoms. The highest BCUT2D eigenvalue weighted by atomic mass is 32.2. The third-order valence-electron chi connectivity index (χ3n) is 15.8. The van der Waals surface area contributed by atoms with Crippen LogP contribution in [0.3, 0.4) is 0 Å². The highest BCUT2D eigenvalue weighted by Crippen LogP contribution is 2.32. The first-order chi connectivity index (χ1) is 43.1. The van der Waals surface area contributed by atoms with Crippen molar-refractivity contribution in [2.75, 3.05) is 67.3 Å². The molecule has 0 bridgehead atoms. The average molecular weight is 1260 g/mol. The fourth-order valence-electron chi connectivity index (χ4n) is 10.5. The lowest BCUT2D eigenvalue weighted by Crippen LogP contribution is -2.43. The summed E-state index contributed by atoms with van der Waals surface area (Å²) in [6, 6.07) is 46.8. The smallest absolute Gasteiger partial charge is 0.446 e. The van der Waals surface area contributed by atoms with Gasteiger partial charge < -0.3 is 48.8 Å². The number of thioether (sulfide) groups is 1. The predicted molar refractivity (Wildman–Crippen MR) is 367 cm³/mol. The van der Waals surface area contributed by atoms with Gasteiger partial charge in [-0.2, -0.15) is 11.8 Å². The number of anilines is 4. The van der Waals surface area contributed by atoms with Gasteiger partial charge in [-0.15, -0.1) is 0 Å². The molecule has 7 rings (SSSR count). The Balaban J connectivity index is 0.833. The molecule has 6 amide bonds. The zero-order valence-electron chi connectivity index (χ0n) is 53.6. The third-order valence-corrected chi connectivity index (χ3v) is 19.7. The number of nitrogens with one attached hydrogen (secondary N) is 6. The molecule has 18 heteroatoms. The van der Waals surface area contributed by atoms with Crippen molar-refractivity contribution in [3.8, 4) is 0 Å². The molecule has 1 fully saturated rings. The standard InChI is InChI=1S/C72H90N6O10SSi/c1-50(2)57-26-18-28-59(47-57)71(5,6)77-67(79)73-61-30-14-22-53(43-61)41-55-24-16-32-63(45-55)75-69(81)86-37-13-12-21-52(36-39-89-38-20-40-90(83-9,84-10)85-11)34-35-65-66(88-65)49-87-70(82)76-64-33-17-25-56(46-64)42-54-23-15-31-62(44-54)74-68(80)78-72(7,8)60-29-19-27-58(48-60)51(3)4/h12-19,22-33,43-48,52,65-66H,1,3,20-21,34-42,49H2,2,4-11H3,(H,75,81)(H,76,82)(H2,73,77,79)(H2,74,78,80)/b13-12+. The van der Waals surface area contributed by atoms with E-state index in [2.05, 4.69) is 51.1 Å². The van der Waals surface area contributed by atoms with E-state index >= 15 is 0 Å². The van der Waals surface area contributed by atoms with Gasteiger partial charge in [0, 0.05) is 50.1 Å². The normalized spacial score (nSPS) is 14.2. The average Bonchev–Trinajstić information content (AvgIpc) is 1.33. The summed E-state index contributed by atoms with van der Waals surface area (Å²) in [5.41, 5.74) is 11.1. The van der Waals surface area contributed by atoms with Gasteiger partial charge in [0.25, 0.3) is 0 Å². The highest BCUT2D eigenvalue weighted by molar-refractivity contribution is 7.99. The summed E-state index contributed by atoms with van der Waals surface area (Å²) in [7, 11) is 2.28. The quantitative estimate of drug-likeness (QED) is 0.00992. The molecule has 1 saturated heterocycles. The van der Waals surface area contributed by atoms with Gasteiger partial charge in [0.1, 0.15) is 19.3 Å². The maximum absolute atomic E-state index is 13.2. The van der Waals surface area contributed by atoms with E-state index < -0.39 is 32.1 Å². The van der Waals surface area contributed by atoms with E-state index in [1.54, 1.807) is 21.3 Å². The second-order valence-electron chi connectivity index (χ2n) is 23.9. The topological polar surface area (TPSA) is 199 Å². The number of urea groups is 2. The van der Waals surface area contributed by atoms with Crippen LogP contribution in [0.5, 0.6) is 0 Å². The third kappa shape index (κ3) is 22.5. The van der Waals surface area contributed by atoms with Gasteiger partial charge in [-0.1, -0.05) is 121 Å². The van der Waals surface area contributed by atoms with Crippen LogP contribution in [0.4, 0.5) is 41.9 Å². The molecule has 6 N–H and O–H groups in total. The summed E-state index contributed by atoms with van der Waals surface area (Å²) in [4.78, 5) is 52.4. The van der Waals surface area contributed by atoms with Crippen LogP contribution in [0.25, 0.3) is 11.1 Å². The van der Waals surface area contributed by atoms with Crippen molar-refractivity contribution in [3.63, 3.8) is 0 Å². The molecule has 6 aromatic carbocycles. The van der Waals surface area contributed by atoms with Gasteiger partial charge in [-0.25, -0.2) is 19.2 Å². The van der Waals surface area contributed by atoms with Crippen LogP contribution in [0.15, 0.2) is 171 Å². The Morgan fingerprint density at radius 1 is 0.567 bits per heavy atom. The van der Waals surface area contributed by atoms with E-state index in [0.29, 0.717) is 41.5 Å². The first-order valence-corrected chi connectivity index (χ1v) is 33.7. The minimum atomic E-state index is -2.63. The van der Waals surface area contributed by atoms with Crippen LogP contribution in [-0.4, -0.2) is 91.3 Å². The summed E-state index contributed by atoms with van der Waals surface area (Å²) in [6.45, 7) is 20.1. The number of ether oxygens (including phenoxy) is 3. The second kappa shape index (κ2) is 33.7. The van der Waals surface area contributed by atoms with Crippen LogP contribution < -0.4 is 31.9 Å². The number of epoxide rings is 1. The Labute approximate surface area is 537 Å². The molecule has 1 aliphatic heterocycles. The van der Waals surface area contributed by atoms with Gasteiger partial charge in [0.15, 0.2) is 0 Å². The van der Waals surface area contributed by atoms with Crippen molar-refractivity contribution >= 4 is 78.7 Å². The molecule has 478 valence electrons. The Kier molecular flexibility index (Phi) is 26.1. The van der Waals surface area contributed by atoms with Crippen LogP contribution in [0.1, 0.15) is 118 Å². The summed E-state index contributed by atoms with van der Waals surface area (Å²) < 4.78 is 34.0. The zero-order valence-corrected chi connectivity index (χ0v) is 55.4. The Bertz CT molecular complexity index is 3430. The zero-order chi connectivity index (χ0) is 64.7. The van der Waals surface area contributed by atoms with E-state index in [9.17, 15) is 19.2 Å². The summed E-state index contributed by atoms with van der Waals surface area (Å²) in [6.07, 6.45) is 8.21. The van der Waals surface area contributed by atoms with Gasteiger partial charge in [-0.3, -0.25) is 10.6 Å². The second-order valence-corrected chi connectivity index (χ2v) is 28.2. The van der Waals surface area contributed by atoms with E-state index in [1.807, 2.05) is 205 Å². The molecule has 3 unspecified atom stereocenters. The first kappa shape index (κ1) is 69.5. The van der Waals surface area contributed by atoms with Gasteiger partial charge in [0.05, 0.1) is 17.2 Å². The van der Waals surface area contributed by atoms with Crippen LogP contribution in [0.2, 0.25) is 6.04 Å². The highest BCUT2D eigenvalue weighted by Gasteiger charge is 2.40. The van der Waals surface area contributed by atoms with E-state index in [1.165, 1.54) is 0 Å². The number of rotatable bonds is 33. The van der Waals surface area contributed by atoms with Crippen molar-refractivity contribution in [3.05, 3.63) is 215 Å². The SMILES string of the molecule is C=C(C)c1cccc(C(C)(C)NC(=O)Nc2cccc(Cc3cccc(NC(=O)OC/C=C/CC(CCSCCC[Si](OC)(OC)OC)CCC4OC4COC(=O)Nc4cccc(Cc5cccc(NC(=O)NC(C)(C)c6cccc(C(=C)C)c6)c5)c4)c3)c2)c1. The largest absolute Gasteiger partial charge is 0.500 e. The fraction of sp³-hybridized carbons (Fsp3) is 0.361. The lowest BCUT2D eigenvalue weighted by molar-refractivity contribution is 0.123. The first-order valence-electron chi connectivity index (χ1n) is 30.6. The number of hydrogen-bond donors (Lipinski definition) is 6. The minimum absolute atomic E-state index is 0.0160. The molecule has 0 aliphatic carbocycles. The molecule has 0 spiro atoms. The van der Waals surface area contributed by atoms with Crippen molar-refractivity contribution in [2.24, 2.45) is 5.92 Å². The van der Waals surface area contributed by atoms with Gasteiger partial charge in [-0.05, 0) is 209 Å². The summed E-state index contributed by atoms with van der Waals surface area (Å²) in [5.74, 6) is 2.27. The van der Waals surface area contributed by atoms with Gasteiger partial charge >= 0.3 is 33.1 Å². The molecule has 0 radical (unpaired) electrons. The molecule has 0 saturated carbocycles. The van der Waals surface area contributed by atoms with Crippen LogP contribution >= 0.6 is 11.8 Å². The number of hydrogen-bond acceptors (Lipinski definition) is 11. The molecular weight excluding hydrogens is 1170 g/mol. The molecule has 6 aromatic rings. The van der Waals surface area contributed by atoms with Gasteiger partial charge in [0.2, 0.25) is 0 Å². The number of benzene rings is 6. The van der Waals surface area contributed by atoms with E-state index in [0.717, 1.165) is 105 Å². The van der Waals surface area contributed by atoms with Crippen molar-refractivity contribution in [1.29, 1.82) is 0 Å². The number of carbonyl (C=O) groups is 4. The lowest BCUT2D eigenvalue weighted by Gasteiger charge is -2.27. The Hall–Kier alpha value is -7.97. The van der Waals surface area contributed by atoms with Crippen LogP contribution in [-0.2, 0) is 51.4 Å². The van der Waals surface area contributed by atoms with Crippen molar-refractivity contribution < 1.29 is 46.7 Å². The van der Waals surface area contributed by atoms with E-state index in [-0.39, 0.29) is 37.5 Å². The monoisotopic (exact) mass is 1260 g/mol. The summed E-state index contributed by atoms with van der Waals surface area (Å²) >= 11 is 1.90. The molecule has 0 aromatic heterocycles. The summed E-state index contributed by atoms with van der Waals surface area (Å²) in [5, 5.41) is 17.9. The van der Waals surface area contributed by atoms with Crippen molar-refractivity contribution in [2.45, 2.75) is 116 Å². The lowest BCUT2D eigenvalue weighted by atomic mass is 9.92. The molecule has 1 heterocycles. The number of allylic oxidation sites excluding steroid dienone is 3. The van der Waals surface area contributed by atoms with E-state index in [4.69, 9.17) is 27.5 Å². The number of carbonyl (C=O) groups excluding carboxylic acids is 4. The number of amides is 6. The molecule has 3 atom stereocenters. The molecule has 1 aliphatic rings. The Morgan fingerprint density at radius 2 is 1.01 bits per heavy atom. The van der Waals surface area contributed by atoms with Crippen LogP contribution in [0, 0.1) is 5.92 Å². The molecule has 16 nitrogen and oxygen atoms in total.